The Labute approximate surface area is 254 Å². The van der Waals surface area contributed by atoms with Crippen LogP contribution in [-0.4, -0.2) is 56.7 Å². The molecule has 4 N–H and O–H groups in total. The number of amides is 3. The van der Waals surface area contributed by atoms with Crippen molar-refractivity contribution < 1.29 is 19.1 Å². The van der Waals surface area contributed by atoms with E-state index in [4.69, 9.17) is 10.5 Å². The number of aryl methyl sites for hydroxylation is 1. The highest BCUT2D eigenvalue weighted by molar-refractivity contribution is 9.10. The van der Waals surface area contributed by atoms with Crippen LogP contribution in [0, 0.1) is 18.8 Å². The minimum Gasteiger partial charge on any atom is -0.444 e. The number of alkyl carbamates (subject to hydrolysis) is 1. The summed E-state index contributed by atoms with van der Waals surface area (Å²) in [7, 11) is 0. The first-order valence-corrected chi connectivity index (χ1v) is 14.9. The zero-order chi connectivity index (χ0) is 30.4. The van der Waals surface area contributed by atoms with Gasteiger partial charge >= 0.3 is 6.09 Å². The SMILES string of the molecule is Cc1ccc(C[C@@H](C(N)=O)N(C(=O)C2CCC(CNC(=O)OC(C)(C)C)CC2)c2ccc(-c3nn[nH]n3)cc2)cc1Br. The molecule has 3 aromatic rings. The molecular formula is C30H38BrN7O4. The molecule has 2 aromatic carbocycles. The number of anilines is 1. The summed E-state index contributed by atoms with van der Waals surface area (Å²) in [6.07, 6.45) is 2.63. The first kappa shape index (κ1) is 31.1. The van der Waals surface area contributed by atoms with Crippen LogP contribution in [0.25, 0.3) is 11.4 Å². The summed E-state index contributed by atoms with van der Waals surface area (Å²) < 4.78 is 6.26. The minimum atomic E-state index is -0.894. The molecule has 3 amide bonds. The average Bonchev–Trinajstić information content (AvgIpc) is 3.48. The third-order valence-corrected chi connectivity index (χ3v) is 8.28. The van der Waals surface area contributed by atoms with Crippen molar-refractivity contribution in [2.24, 2.45) is 17.6 Å². The van der Waals surface area contributed by atoms with Gasteiger partial charge in [-0.05, 0) is 106 Å². The van der Waals surface area contributed by atoms with Crippen molar-refractivity contribution in [2.75, 3.05) is 11.4 Å². The van der Waals surface area contributed by atoms with Crippen LogP contribution >= 0.6 is 15.9 Å². The maximum Gasteiger partial charge on any atom is 0.407 e. The third-order valence-electron chi connectivity index (χ3n) is 7.42. The molecule has 1 aromatic heterocycles. The summed E-state index contributed by atoms with van der Waals surface area (Å²) in [5.41, 5.74) is 8.64. The monoisotopic (exact) mass is 639 g/mol. The molecule has 0 bridgehead atoms. The van der Waals surface area contributed by atoms with E-state index in [0.717, 1.165) is 34.0 Å². The number of nitrogens with one attached hydrogen (secondary N) is 2. The number of carbonyl (C=O) groups is 3. The highest BCUT2D eigenvalue weighted by atomic mass is 79.9. The smallest absolute Gasteiger partial charge is 0.407 e. The Bertz CT molecular complexity index is 1380. The number of ether oxygens (including phenoxy) is 1. The summed E-state index contributed by atoms with van der Waals surface area (Å²) in [5, 5.41) is 16.9. The number of aromatic amines is 1. The lowest BCUT2D eigenvalue weighted by Gasteiger charge is -2.36. The number of H-pyrrole nitrogens is 1. The second kappa shape index (κ2) is 13.5. The Morgan fingerprint density at radius 1 is 1.12 bits per heavy atom. The van der Waals surface area contributed by atoms with Gasteiger partial charge in [0.05, 0.1) is 0 Å². The molecule has 1 saturated carbocycles. The molecule has 1 aliphatic rings. The van der Waals surface area contributed by atoms with Gasteiger partial charge < -0.3 is 15.8 Å². The molecule has 1 heterocycles. The van der Waals surface area contributed by atoms with E-state index >= 15 is 0 Å². The molecule has 42 heavy (non-hydrogen) atoms. The van der Waals surface area contributed by atoms with Gasteiger partial charge in [0.15, 0.2) is 0 Å². The van der Waals surface area contributed by atoms with E-state index in [1.54, 1.807) is 29.2 Å². The van der Waals surface area contributed by atoms with E-state index < -0.39 is 23.6 Å². The normalized spacial score (nSPS) is 17.7. The standard InChI is InChI=1S/C30H38BrN7O4/c1-18-5-6-20(15-24(18)31)16-25(26(32)39)38(23-13-11-21(12-14-23)27-34-36-37-35-27)28(40)22-9-7-19(8-10-22)17-33-29(41)42-30(2,3)4/h5-6,11-15,19,22,25H,7-10,16-17H2,1-4H3,(H2,32,39)(H,33,41)(H,34,35,36,37)/t19?,22?,25-/m0/s1. The number of rotatable bonds is 9. The maximum absolute atomic E-state index is 14.2. The number of hydrogen-bond donors (Lipinski definition) is 3. The summed E-state index contributed by atoms with van der Waals surface area (Å²) in [4.78, 5) is 40.8. The van der Waals surface area contributed by atoms with Crippen molar-refractivity contribution in [3.8, 4) is 11.4 Å². The molecule has 1 atom stereocenters. The zero-order valence-corrected chi connectivity index (χ0v) is 26.0. The van der Waals surface area contributed by atoms with Crippen LogP contribution in [0.5, 0.6) is 0 Å². The molecule has 0 spiro atoms. The number of nitrogens with zero attached hydrogens (tertiary/aromatic N) is 4. The molecular weight excluding hydrogens is 602 g/mol. The number of tetrazole rings is 1. The molecule has 1 fully saturated rings. The Morgan fingerprint density at radius 2 is 1.81 bits per heavy atom. The fraction of sp³-hybridized carbons (Fsp3) is 0.467. The van der Waals surface area contributed by atoms with E-state index in [0.29, 0.717) is 30.9 Å². The number of primary amides is 1. The summed E-state index contributed by atoms with van der Waals surface area (Å²) in [6, 6.07) is 12.1. The van der Waals surface area contributed by atoms with Crippen LogP contribution < -0.4 is 16.0 Å². The number of benzene rings is 2. The lowest BCUT2D eigenvalue weighted by atomic mass is 9.81. The Balaban J connectivity index is 1.53. The molecule has 0 aliphatic heterocycles. The third kappa shape index (κ3) is 8.15. The van der Waals surface area contributed by atoms with Gasteiger partial charge in [-0.25, -0.2) is 4.79 Å². The van der Waals surface area contributed by atoms with Gasteiger partial charge in [-0.15, -0.1) is 10.2 Å². The topological polar surface area (TPSA) is 156 Å². The predicted octanol–water partition coefficient (Wildman–Crippen LogP) is 4.70. The molecule has 12 heteroatoms. The van der Waals surface area contributed by atoms with Gasteiger partial charge in [0, 0.05) is 34.6 Å². The molecule has 11 nitrogen and oxygen atoms in total. The molecule has 1 aliphatic carbocycles. The highest BCUT2D eigenvalue weighted by Gasteiger charge is 2.36. The Morgan fingerprint density at radius 3 is 2.38 bits per heavy atom. The first-order chi connectivity index (χ1) is 19.9. The quantitative estimate of drug-likeness (QED) is 0.306. The van der Waals surface area contributed by atoms with E-state index in [1.807, 2.05) is 45.9 Å². The van der Waals surface area contributed by atoms with Gasteiger partial charge in [0.25, 0.3) is 0 Å². The lowest BCUT2D eigenvalue weighted by Crippen LogP contribution is -2.52. The minimum absolute atomic E-state index is 0.143. The van der Waals surface area contributed by atoms with Gasteiger partial charge in [0.2, 0.25) is 17.6 Å². The van der Waals surface area contributed by atoms with Crippen molar-refractivity contribution >= 4 is 39.5 Å². The number of halogens is 1. The molecule has 4 rings (SSSR count). The molecule has 0 saturated heterocycles. The van der Waals surface area contributed by atoms with E-state index in [2.05, 4.69) is 41.9 Å². The van der Waals surface area contributed by atoms with Crippen molar-refractivity contribution in [3.05, 3.63) is 58.1 Å². The number of nitrogens with two attached hydrogens (primary N) is 1. The largest absolute Gasteiger partial charge is 0.444 e. The fourth-order valence-electron chi connectivity index (χ4n) is 5.17. The van der Waals surface area contributed by atoms with Crippen LogP contribution in [0.15, 0.2) is 46.9 Å². The van der Waals surface area contributed by atoms with Gasteiger partial charge in [0.1, 0.15) is 11.6 Å². The van der Waals surface area contributed by atoms with Gasteiger partial charge in [-0.3, -0.25) is 14.5 Å². The van der Waals surface area contributed by atoms with Crippen molar-refractivity contribution in [1.29, 1.82) is 0 Å². The van der Waals surface area contributed by atoms with E-state index in [9.17, 15) is 14.4 Å². The summed E-state index contributed by atoms with van der Waals surface area (Å²) in [5.74, 6) is -0.352. The zero-order valence-electron chi connectivity index (χ0n) is 24.4. The summed E-state index contributed by atoms with van der Waals surface area (Å²) >= 11 is 3.56. The number of hydrogen-bond acceptors (Lipinski definition) is 7. The summed E-state index contributed by atoms with van der Waals surface area (Å²) in [6.45, 7) is 7.95. The van der Waals surface area contributed by atoms with Gasteiger partial charge in [-0.1, -0.05) is 28.1 Å². The molecule has 0 unspecified atom stereocenters. The van der Waals surface area contributed by atoms with Gasteiger partial charge in [-0.2, -0.15) is 5.21 Å². The van der Waals surface area contributed by atoms with Crippen LogP contribution in [0.4, 0.5) is 10.5 Å². The fourth-order valence-corrected chi connectivity index (χ4v) is 5.60. The van der Waals surface area contributed by atoms with Crippen molar-refractivity contribution in [3.63, 3.8) is 0 Å². The van der Waals surface area contributed by atoms with Crippen LogP contribution in [0.3, 0.4) is 0 Å². The van der Waals surface area contributed by atoms with Crippen LogP contribution in [0.2, 0.25) is 0 Å². The van der Waals surface area contributed by atoms with Crippen LogP contribution in [0.1, 0.15) is 57.6 Å². The maximum atomic E-state index is 14.2. The van der Waals surface area contributed by atoms with Crippen molar-refractivity contribution in [1.82, 2.24) is 25.9 Å². The van der Waals surface area contributed by atoms with E-state index in [-0.39, 0.29) is 24.2 Å². The lowest BCUT2D eigenvalue weighted by molar-refractivity contribution is -0.127. The first-order valence-electron chi connectivity index (χ1n) is 14.1. The Hall–Kier alpha value is -3.80. The number of aromatic nitrogens is 4. The highest BCUT2D eigenvalue weighted by Crippen LogP contribution is 2.33. The Kier molecular flexibility index (Phi) is 9.97. The van der Waals surface area contributed by atoms with Crippen LogP contribution in [-0.2, 0) is 20.7 Å². The van der Waals surface area contributed by atoms with Crippen molar-refractivity contribution in [2.45, 2.75) is 71.4 Å². The molecule has 224 valence electrons. The predicted molar refractivity (Wildman–Crippen MR) is 162 cm³/mol. The average molecular weight is 641 g/mol. The second-order valence-electron chi connectivity index (χ2n) is 11.8. The van der Waals surface area contributed by atoms with E-state index in [1.165, 1.54) is 0 Å². The second-order valence-corrected chi connectivity index (χ2v) is 12.7. The molecule has 0 radical (unpaired) electrons. The number of carbonyl (C=O) groups excluding carboxylic acids is 3.